The van der Waals surface area contributed by atoms with Gasteiger partial charge in [0, 0.05) is 6.54 Å². The molecule has 4 nitrogen and oxygen atoms in total. The molecule has 1 amide bonds. The summed E-state index contributed by atoms with van der Waals surface area (Å²) < 4.78 is 5.69. The van der Waals surface area contributed by atoms with Gasteiger partial charge in [-0.05, 0) is 31.4 Å². The Labute approximate surface area is 106 Å². The second-order valence-corrected chi connectivity index (χ2v) is 4.92. The standard InChI is InChI=1S/C14H17NO3/c16-12-6-2-1-4-10(12)14(17)15-8-9-18-13-7-3-5-11(13)15/h1-2,4,6,11,13,16H,3,5,7-9H2. The highest BCUT2D eigenvalue weighted by Gasteiger charge is 2.38. The van der Waals surface area contributed by atoms with Crippen LogP contribution in [0.3, 0.4) is 0 Å². The quantitative estimate of drug-likeness (QED) is 0.823. The van der Waals surface area contributed by atoms with Gasteiger partial charge in [-0.15, -0.1) is 0 Å². The SMILES string of the molecule is O=C(c1ccccc1O)N1CCOC2CCCC21. The van der Waals surface area contributed by atoms with Crippen LogP contribution in [0.25, 0.3) is 0 Å². The van der Waals surface area contributed by atoms with E-state index >= 15 is 0 Å². The lowest BCUT2D eigenvalue weighted by Crippen LogP contribution is -2.51. The minimum Gasteiger partial charge on any atom is -0.507 e. The summed E-state index contributed by atoms with van der Waals surface area (Å²) in [7, 11) is 0. The van der Waals surface area contributed by atoms with Crippen molar-refractivity contribution < 1.29 is 14.6 Å². The number of fused-ring (bicyclic) bond motifs is 1. The molecule has 96 valence electrons. The molecule has 1 heterocycles. The molecule has 0 spiro atoms. The van der Waals surface area contributed by atoms with Gasteiger partial charge in [-0.25, -0.2) is 0 Å². The van der Waals surface area contributed by atoms with Gasteiger partial charge in [0.1, 0.15) is 5.75 Å². The average molecular weight is 247 g/mol. The molecule has 2 unspecified atom stereocenters. The first kappa shape index (κ1) is 11.5. The van der Waals surface area contributed by atoms with Crippen molar-refractivity contribution in [1.29, 1.82) is 0 Å². The van der Waals surface area contributed by atoms with Gasteiger partial charge >= 0.3 is 0 Å². The van der Waals surface area contributed by atoms with Crippen molar-refractivity contribution in [3.8, 4) is 5.75 Å². The van der Waals surface area contributed by atoms with Crippen LogP contribution >= 0.6 is 0 Å². The van der Waals surface area contributed by atoms with Crippen LogP contribution < -0.4 is 0 Å². The predicted octanol–water partition coefficient (Wildman–Crippen LogP) is 1.79. The number of aromatic hydroxyl groups is 1. The molecule has 1 aliphatic carbocycles. The van der Waals surface area contributed by atoms with Crippen LogP contribution in [0.2, 0.25) is 0 Å². The predicted molar refractivity (Wildman–Crippen MR) is 66.5 cm³/mol. The van der Waals surface area contributed by atoms with E-state index in [4.69, 9.17) is 4.74 Å². The summed E-state index contributed by atoms with van der Waals surface area (Å²) >= 11 is 0. The van der Waals surface area contributed by atoms with Crippen LogP contribution in [0.1, 0.15) is 29.6 Å². The first-order chi connectivity index (χ1) is 8.77. The summed E-state index contributed by atoms with van der Waals surface area (Å²) in [6.45, 7) is 1.22. The van der Waals surface area contributed by atoms with Crippen LogP contribution in [-0.2, 0) is 4.74 Å². The summed E-state index contributed by atoms with van der Waals surface area (Å²) in [4.78, 5) is 14.3. The number of phenols is 1. The minimum absolute atomic E-state index is 0.0588. The minimum atomic E-state index is -0.0756. The third kappa shape index (κ3) is 1.86. The molecule has 2 aliphatic rings. The van der Waals surface area contributed by atoms with Crippen LogP contribution in [-0.4, -0.2) is 41.2 Å². The molecule has 18 heavy (non-hydrogen) atoms. The number of phenolic OH excluding ortho intramolecular Hbond substituents is 1. The number of rotatable bonds is 1. The van der Waals surface area contributed by atoms with E-state index in [2.05, 4.69) is 0 Å². The number of benzene rings is 1. The highest BCUT2D eigenvalue weighted by atomic mass is 16.5. The fourth-order valence-electron chi connectivity index (χ4n) is 2.99. The van der Waals surface area contributed by atoms with E-state index in [1.54, 1.807) is 24.3 Å². The molecule has 0 bridgehead atoms. The van der Waals surface area contributed by atoms with Gasteiger partial charge in [0.15, 0.2) is 0 Å². The topological polar surface area (TPSA) is 49.8 Å². The maximum Gasteiger partial charge on any atom is 0.258 e. The zero-order chi connectivity index (χ0) is 12.5. The molecular formula is C14H17NO3. The molecule has 1 aromatic carbocycles. The number of carbonyl (C=O) groups is 1. The van der Waals surface area contributed by atoms with Crippen molar-refractivity contribution in [3.05, 3.63) is 29.8 Å². The van der Waals surface area contributed by atoms with Gasteiger partial charge in [-0.1, -0.05) is 12.1 Å². The fourth-order valence-corrected chi connectivity index (χ4v) is 2.99. The van der Waals surface area contributed by atoms with Gasteiger partial charge in [-0.2, -0.15) is 0 Å². The van der Waals surface area contributed by atoms with Crippen molar-refractivity contribution in [2.24, 2.45) is 0 Å². The summed E-state index contributed by atoms with van der Waals surface area (Å²) in [6.07, 6.45) is 3.34. The van der Waals surface area contributed by atoms with Gasteiger partial charge in [-0.3, -0.25) is 4.79 Å². The number of carbonyl (C=O) groups excluding carboxylic acids is 1. The Morgan fingerprint density at radius 2 is 2.17 bits per heavy atom. The van der Waals surface area contributed by atoms with Crippen LogP contribution in [0.15, 0.2) is 24.3 Å². The number of ether oxygens (including phenoxy) is 1. The molecular weight excluding hydrogens is 230 g/mol. The molecule has 4 heteroatoms. The zero-order valence-electron chi connectivity index (χ0n) is 10.2. The third-order valence-electron chi connectivity index (χ3n) is 3.88. The Morgan fingerprint density at radius 3 is 3.00 bits per heavy atom. The van der Waals surface area contributed by atoms with Gasteiger partial charge in [0.2, 0.25) is 0 Å². The molecule has 2 atom stereocenters. The van der Waals surface area contributed by atoms with Crippen LogP contribution in [0, 0.1) is 0 Å². The number of nitrogens with zero attached hydrogens (tertiary/aromatic N) is 1. The Kier molecular flexibility index (Phi) is 2.96. The maximum absolute atomic E-state index is 12.5. The second-order valence-electron chi connectivity index (χ2n) is 4.92. The van der Waals surface area contributed by atoms with Crippen molar-refractivity contribution in [2.45, 2.75) is 31.4 Å². The molecule has 3 rings (SSSR count). The molecule has 1 aromatic rings. The maximum atomic E-state index is 12.5. The molecule has 1 saturated carbocycles. The molecule has 0 aromatic heterocycles. The average Bonchev–Trinajstić information content (AvgIpc) is 2.86. The lowest BCUT2D eigenvalue weighted by Gasteiger charge is -2.37. The zero-order valence-corrected chi connectivity index (χ0v) is 10.2. The molecule has 1 aliphatic heterocycles. The summed E-state index contributed by atoms with van der Waals surface area (Å²) in [5.41, 5.74) is 0.394. The van der Waals surface area contributed by atoms with Crippen molar-refractivity contribution in [3.63, 3.8) is 0 Å². The number of amides is 1. The number of hydrogen-bond donors (Lipinski definition) is 1. The molecule has 1 saturated heterocycles. The van der Waals surface area contributed by atoms with E-state index in [-0.39, 0.29) is 23.8 Å². The first-order valence-corrected chi connectivity index (χ1v) is 6.48. The van der Waals surface area contributed by atoms with Gasteiger partial charge in [0.25, 0.3) is 5.91 Å². The fraction of sp³-hybridized carbons (Fsp3) is 0.500. The summed E-state index contributed by atoms with van der Waals surface area (Å²) in [5.74, 6) is -0.0168. The highest BCUT2D eigenvalue weighted by molar-refractivity contribution is 5.97. The Morgan fingerprint density at radius 1 is 1.33 bits per heavy atom. The number of para-hydroxylation sites is 1. The number of morpholine rings is 1. The summed E-state index contributed by atoms with van der Waals surface area (Å²) in [6, 6.07) is 6.92. The van der Waals surface area contributed by atoms with Crippen LogP contribution in [0.5, 0.6) is 5.75 Å². The molecule has 1 N–H and O–H groups in total. The van der Waals surface area contributed by atoms with Gasteiger partial charge < -0.3 is 14.7 Å². The third-order valence-corrected chi connectivity index (χ3v) is 3.88. The Bertz CT molecular complexity index is 460. The van der Waals surface area contributed by atoms with Crippen molar-refractivity contribution in [1.82, 2.24) is 4.90 Å². The summed E-state index contributed by atoms with van der Waals surface area (Å²) in [5, 5.41) is 9.77. The van der Waals surface area contributed by atoms with Crippen LogP contribution in [0.4, 0.5) is 0 Å². The molecule has 0 radical (unpaired) electrons. The highest BCUT2D eigenvalue weighted by Crippen LogP contribution is 2.31. The largest absolute Gasteiger partial charge is 0.507 e. The van der Waals surface area contributed by atoms with E-state index in [0.717, 1.165) is 19.3 Å². The Hall–Kier alpha value is -1.55. The van der Waals surface area contributed by atoms with E-state index in [1.165, 1.54) is 0 Å². The first-order valence-electron chi connectivity index (χ1n) is 6.48. The molecule has 2 fully saturated rings. The van der Waals surface area contributed by atoms with E-state index in [1.807, 2.05) is 4.90 Å². The normalized spacial score (nSPS) is 27.0. The smallest absolute Gasteiger partial charge is 0.258 e. The lowest BCUT2D eigenvalue weighted by molar-refractivity contribution is -0.0446. The van der Waals surface area contributed by atoms with E-state index < -0.39 is 0 Å². The lowest BCUT2D eigenvalue weighted by atomic mass is 10.1. The van der Waals surface area contributed by atoms with E-state index in [9.17, 15) is 9.90 Å². The monoisotopic (exact) mass is 247 g/mol. The van der Waals surface area contributed by atoms with Crippen molar-refractivity contribution in [2.75, 3.05) is 13.2 Å². The van der Waals surface area contributed by atoms with E-state index in [0.29, 0.717) is 18.7 Å². The second kappa shape index (κ2) is 4.61. The van der Waals surface area contributed by atoms with Gasteiger partial charge in [0.05, 0.1) is 24.3 Å². The van der Waals surface area contributed by atoms with Crippen molar-refractivity contribution >= 4 is 5.91 Å². The number of hydrogen-bond acceptors (Lipinski definition) is 3. The Balaban J connectivity index is 1.86.